The summed E-state index contributed by atoms with van der Waals surface area (Å²) >= 11 is 0. The summed E-state index contributed by atoms with van der Waals surface area (Å²) < 4.78 is 2.25. The third-order valence-electron chi connectivity index (χ3n) is 6.28. The van der Waals surface area contributed by atoms with E-state index < -0.39 is 0 Å². The second-order valence-electron chi connectivity index (χ2n) is 9.20. The Hall–Kier alpha value is -2.74. The molecule has 172 valence electrons. The quantitative estimate of drug-likeness (QED) is 0.488. The molecular formula is C24H36N8. The Labute approximate surface area is 190 Å². The third kappa shape index (κ3) is 5.18. The van der Waals surface area contributed by atoms with Crippen molar-refractivity contribution in [3.63, 3.8) is 0 Å². The smallest absolute Gasteiger partial charge is 0.232 e. The molecule has 0 aromatic carbocycles. The molecule has 4 rings (SSSR count). The van der Waals surface area contributed by atoms with Crippen LogP contribution in [-0.4, -0.2) is 54.6 Å². The fourth-order valence-electron chi connectivity index (χ4n) is 4.69. The Balaban J connectivity index is 1.62. The van der Waals surface area contributed by atoms with Gasteiger partial charge < -0.3 is 15.2 Å². The minimum absolute atomic E-state index is 0.455. The fraction of sp³-hybridized carbons (Fsp3) is 0.583. The second-order valence-corrected chi connectivity index (χ2v) is 9.20. The van der Waals surface area contributed by atoms with Crippen molar-refractivity contribution in [3.05, 3.63) is 30.7 Å². The molecule has 0 amide bonds. The number of nitrogens with zero attached hydrogens (tertiary/aromatic N) is 6. The molecule has 8 heteroatoms. The number of hydrogen-bond donors (Lipinski definition) is 2. The summed E-state index contributed by atoms with van der Waals surface area (Å²) in [5.74, 6) is 2.05. The molecule has 0 atom stereocenters. The molecule has 2 N–H and O–H groups in total. The first kappa shape index (κ1) is 22.5. The Morgan fingerprint density at radius 2 is 1.81 bits per heavy atom. The van der Waals surface area contributed by atoms with Crippen molar-refractivity contribution < 1.29 is 0 Å². The summed E-state index contributed by atoms with van der Waals surface area (Å²) in [6, 6.07) is 7.21. The van der Waals surface area contributed by atoms with Gasteiger partial charge in [-0.2, -0.15) is 9.97 Å². The minimum Gasteiger partial charge on any atom is -0.367 e. The predicted octanol–water partition coefficient (Wildman–Crippen LogP) is 5.00. The first-order valence-corrected chi connectivity index (χ1v) is 11.9. The first-order chi connectivity index (χ1) is 15.5. The molecule has 0 radical (unpaired) electrons. The maximum atomic E-state index is 4.85. The molecule has 0 aliphatic heterocycles. The van der Waals surface area contributed by atoms with E-state index in [4.69, 9.17) is 15.0 Å². The van der Waals surface area contributed by atoms with Crippen molar-refractivity contribution in [2.45, 2.75) is 77.9 Å². The lowest BCUT2D eigenvalue weighted by Gasteiger charge is -2.30. The van der Waals surface area contributed by atoms with Crippen molar-refractivity contribution in [2.75, 3.05) is 23.7 Å². The van der Waals surface area contributed by atoms with Crippen molar-refractivity contribution >= 4 is 28.7 Å². The molecule has 32 heavy (non-hydrogen) atoms. The number of nitrogens with one attached hydrogen (secondary N) is 2. The van der Waals surface area contributed by atoms with Crippen LogP contribution in [0.2, 0.25) is 0 Å². The largest absolute Gasteiger partial charge is 0.367 e. The lowest BCUT2D eigenvalue weighted by molar-refractivity contribution is 0.182. The molecule has 1 saturated carbocycles. The SMILES string of the molecule is CC(C)N(CCNc1nc(Nc2ccccn2)nc2c1ncn2C1CCCCC1)C(C)C. The Kier molecular flexibility index (Phi) is 7.19. The lowest BCUT2D eigenvalue weighted by atomic mass is 9.95. The molecular weight excluding hydrogens is 400 g/mol. The molecule has 3 aromatic rings. The average molecular weight is 437 g/mol. The summed E-state index contributed by atoms with van der Waals surface area (Å²) in [5, 5.41) is 6.81. The minimum atomic E-state index is 0.455. The van der Waals surface area contributed by atoms with E-state index in [0.29, 0.717) is 24.1 Å². The van der Waals surface area contributed by atoms with Gasteiger partial charge in [0.05, 0.1) is 6.33 Å². The number of hydrogen-bond acceptors (Lipinski definition) is 7. The van der Waals surface area contributed by atoms with Crippen molar-refractivity contribution in [3.8, 4) is 0 Å². The van der Waals surface area contributed by atoms with Crippen LogP contribution in [0.3, 0.4) is 0 Å². The van der Waals surface area contributed by atoms with Crippen LogP contribution in [0.1, 0.15) is 65.8 Å². The summed E-state index contributed by atoms with van der Waals surface area (Å²) in [6.45, 7) is 10.7. The highest BCUT2D eigenvalue weighted by molar-refractivity contribution is 5.84. The van der Waals surface area contributed by atoms with Gasteiger partial charge in [-0.15, -0.1) is 0 Å². The molecule has 0 unspecified atom stereocenters. The van der Waals surface area contributed by atoms with Gasteiger partial charge in [0.25, 0.3) is 0 Å². The number of anilines is 3. The summed E-state index contributed by atoms with van der Waals surface area (Å²) in [6.07, 6.45) is 9.91. The zero-order valence-corrected chi connectivity index (χ0v) is 19.8. The van der Waals surface area contributed by atoms with E-state index in [1.165, 1.54) is 32.1 Å². The monoisotopic (exact) mass is 436 g/mol. The summed E-state index contributed by atoms with van der Waals surface area (Å²) in [5.41, 5.74) is 1.72. The van der Waals surface area contributed by atoms with Crippen LogP contribution in [0.25, 0.3) is 11.2 Å². The Morgan fingerprint density at radius 1 is 1.03 bits per heavy atom. The van der Waals surface area contributed by atoms with Gasteiger partial charge in [-0.25, -0.2) is 9.97 Å². The van der Waals surface area contributed by atoms with E-state index in [0.717, 1.165) is 35.9 Å². The number of rotatable bonds is 9. The molecule has 3 heterocycles. The van der Waals surface area contributed by atoms with Crippen LogP contribution in [-0.2, 0) is 0 Å². The van der Waals surface area contributed by atoms with Gasteiger partial charge >= 0.3 is 0 Å². The van der Waals surface area contributed by atoms with Crippen LogP contribution in [0.15, 0.2) is 30.7 Å². The molecule has 0 spiro atoms. The van der Waals surface area contributed by atoms with E-state index in [2.05, 4.69) is 52.8 Å². The lowest BCUT2D eigenvalue weighted by Crippen LogP contribution is -2.40. The highest BCUT2D eigenvalue weighted by Gasteiger charge is 2.21. The van der Waals surface area contributed by atoms with E-state index in [1.54, 1.807) is 6.20 Å². The van der Waals surface area contributed by atoms with E-state index in [-0.39, 0.29) is 0 Å². The van der Waals surface area contributed by atoms with Crippen molar-refractivity contribution in [1.82, 2.24) is 29.4 Å². The van der Waals surface area contributed by atoms with Gasteiger partial charge in [-0.1, -0.05) is 25.3 Å². The zero-order valence-electron chi connectivity index (χ0n) is 19.8. The zero-order chi connectivity index (χ0) is 22.5. The number of aromatic nitrogens is 5. The summed E-state index contributed by atoms with van der Waals surface area (Å²) in [7, 11) is 0. The van der Waals surface area contributed by atoms with Crippen LogP contribution in [0.4, 0.5) is 17.6 Å². The van der Waals surface area contributed by atoms with Gasteiger partial charge in [-0.3, -0.25) is 4.90 Å². The standard InChI is InChI=1S/C24H36N8/c1-17(2)31(18(3)4)15-14-26-22-21-23(32(16-27-21)19-10-6-5-7-11-19)30-24(29-22)28-20-12-8-9-13-25-20/h8-9,12-13,16-19H,5-7,10-11,14-15H2,1-4H3,(H2,25,26,28,29,30). The highest BCUT2D eigenvalue weighted by Crippen LogP contribution is 2.32. The topological polar surface area (TPSA) is 83.8 Å². The molecule has 0 saturated heterocycles. The van der Waals surface area contributed by atoms with E-state index in [9.17, 15) is 0 Å². The predicted molar refractivity (Wildman–Crippen MR) is 130 cm³/mol. The van der Waals surface area contributed by atoms with Gasteiger partial charge in [0.2, 0.25) is 5.95 Å². The van der Waals surface area contributed by atoms with Crippen LogP contribution >= 0.6 is 0 Å². The highest BCUT2D eigenvalue weighted by atomic mass is 15.2. The van der Waals surface area contributed by atoms with Crippen molar-refractivity contribution in [1.29, 1.82) is 0 Å². The third-order valence-corrected chi connectivity index (χ3v) is 6.28. The Bertz CT molecular complexity index is 984. The summed E-state index contributed by atoms with van der Waals surface area (Å²) in [4.78, 5) is 21.2. The van der Waals surface area contributed by atoms with Gasteiger partial charge in [0.1, 0.15) is 5.82 Å². The molecule has 0 bridgehead atoms. The fourth-order valence-corrected chi connectivity index (χ4v) is 4.69. The average Bonchev–Trinajstić information content (AvgIpc) is 3.21. The molecule has 1 aliphatic rings. The van der Waals surface area contributed by atoms with Crippen molar-refractivity contribution in [2.24, 2.45) is 0 Å². The maximum Gasteiger partial charge on any atom is 0.232 e. The Morgan fingerprint density at radius 3 is 2.50 bits per heavy atom. The van der Waals surface area contributed by atoms with E-state index in [1.807, 2.05) is 24.5 Å². The maximum absolute atomic E-state index is 4.85. The second kappa shape index (κ2) is 10.3. The van der Waals surface area contributed by atoms with Gasteiger partial charge in [0, 0.05) is 37.4 Å². The molecule has 1 aliphatic carbocycles. The number of pyridine rings is 1. The van der Waals surface area contributed by atoms with Gasteiger partial charge in [-0.05, 0) is 52.7 Å². The number of imidazole rings is 1. The van der Waals surface area contributed by atoms with Crippen LogP contribution < -0.4 is 10.6 Å². The normalized spacial score (nSPS) is 15.2. The van der Waals surface area contributed by atoms with Gasteiger partial charge in [0.15, 0.2) is 17.0 Å². The molecule has 3 aromatic heterocycles. The first-order valence-electron chi connectivity index (χ1n) is 11.9. The molecule has 8 nitrogen and oxygen atoms in total. The van der Waals surface area contributed by atoms with Crippen LogP contribution in [0.5, 0.6) is 0 Å². The molecule has 1 fully saturated rings. The van der Waals surface area contributed by atoms with Crippen LogP contribution in [0, 0.1) is 0 Å². The number of fused-ring (bicyclic) bond motifs is 1. The van der Waals surface area contributed by atoms with E-state index >= 15 is 0 Å².